The van der Waals surface area contributed by atoms with E-state index in [-0.39, 0.29) is 32.3 Å². The van der Waals surface area contributed by atoms with E-state index in [1.54, 1.807) is 0 Å². The molecule has 0 radical (unpaired) electrons. The first-order valence-electron chi connectivity index (χ1n) is 6.48. The van der Waals surface area contributed by atoms with Gasteiger partial charge in [0.15, 0.2) is 0 Å². The minimum Gasteiger partial charge on any atom is -0.480 e. The van der Waals surface area contributed by atoms with Gasteiger partial charge in [0.25, 0.3) is 0 Å². The summed E-state index contributed by atoms with van der Waals surface area (Å²) in [5.41, 5.74) is -2.14. The fourth-order valence-corrected chi connectivity index (χ4v) is 3.39. The van der Waals surface area contributed by atoms with Gasteiger partial charge < -0.3 is 15.2 Å². The van der Waals surface area contributed by atoms with Crippen molar-refractivity contribution in [2.45, 2.75) is 37.4 Å². The van der Waals surface area contributed by atoms with Gasteiger partial charge in [0.2, 0.25) is 0 Å². The molecular formula is C13H16F3NO4. The average Bonchev–Trinajstić information content (AvgIpc) is 2.25. The molecule has 2 saturated carbocycles. The van der Waals surface area contributed by atoms with Crippen LogP contribution in [-0.4, -0.2) is 35.5 Å². The van der Waals surface area contributed by atoms with Crippen LogP contribution in [0.1, 0.15) is 25.7 Å². The molecule has 2 aliphatic carbocycles. The van der Waals surface area contributed by atoms with E-state index in [0.29, 0.717) is 0 Å². The standard InChI is InChI=1S/C13H16F3NO4/c1-2-3-21-10(20)17-12(9(18)19)6-11(7-12)4-8(5-11)13(14,15)16/h2,8H,1,3-7H2,(H,17,20)(H,18,19). The molecule has 2 N–H and O–H groups in total. The van der Waals surface area contributed by atoms with Crippen LogP contribution in [0.25, 0.3) is 0 Å². The van der Waals surface area contributed by atoms with Gasteiger partial charge in [-0.1, -0.05) is 12.7 Å². The van der Waals surface area contributed by atoms with E-state index in [1.807, 2.05) is 0 Å². The number of nitrogens with one attached hydrogen (secondary N) is 1. The summed E-state index contributed by atoms with van der Waals surface area (Å²) in [5.74, 6) is -2.61. The molecule has 5 nitrogen and oxygen atoms in total. The van der Waals surface area contributed by atoms with Crippen molar-refractivity contribution < 1.29 is 32.6 Å². The van der Waals surface area contributed by atoms with E-state index in [2.05, 4.69) is 16.6 Å². The maximum Gasteiger partial charge on any atom is 0.408 e. The number of carbonyl (C=O) groups excluding carboxylic acids is 1. The van der Waals surface area contributed by atoms with E-state index in [1.165, 1.54) is 6.08 Å². The van der Waals surface area contributed by atoms with Gasteiger partial charge in [-0.3, -0.25) is 0 Å². The summed E-state index contributed by atoms with van der Waals surface area (Å²) in [7, 11) is 0. The number of halogens is 3. The van der Waals surface area contributed by atoms with Crippen LogP contribution in [-0.2, 0) is 9.53 Å². The molecule has 2 rings (SSSR count). The third-order valence-corrected chi connectivity index (χ3v) is 4.26. The van der Waals surface area contributed by atoms with Crippen LogP contribution in [0.2, 0.25) is 0 Å². The Morgan fingerprint density at radius 2 is 1.95 bits per heavy atom. The Labute approximate surface area is 119 Å². The van der Waals surface area contributed by atoms with Crippen molar-refractivity contribution in [2.24, 2.45) is 11.3 Å². The third-order valence-electron chi connectivity index (χ3n) is 4.26. The van der Waals surface area contributed by atoms with E-state index in [0.717, 1.165) is 0 Å². The van der Waals surface area contributed by atoms with Crippen LogP contribution in [0.4, 0.5) is 18.0 Å². The van der Waals surface area contributed by atoms with Gasteiger partial charge in [-0.2, -0.15) is 13.2 Å². The van der Waals surface area contributed by atoms with Crippen molar-refractivity contribution in [2.75, 3.05) is 6.61 Å². The molecular weight excluding hydrogens is 291 g/mol. The Kier molecular flexibility index (Phi) is 3.67. The highest BCUT2D eigenvalue weighted by molar-refractivity contribution is 5.86. The van der Waals surface area contributed by atoms with Gasteiger partial charge in [-0.15, -0.1) is 0 Å². The monoisotopic (exact) mass is 307 g/mol. The van der Waals surface area contributed by atoms with Gasteiger partial charge in [0.1, 0.15) is 12.1 Å². The van der Waals surface area contributed by atoms with Crippen molar-refractivity contribution in [3.63, 3.8) is 0 Å². The molecule has 0 saturated heterocycles. The number of hydrogen-bond donors (Lipinski definition) is 2. The number of carbonyl (C=O) groups is 2. The van der Waals surface area contributed by atoms with Crippen LogP contribution in [0.15, 0.2) is 12.7 Å². The number of aliphatic carboxylic acids is 1. The van der Waals surface area contributed by atoms with Gasteiger partial charge >= 0.3 is 18.2 Å². The molecule has 8 heteroatoms. The molecule has 21 heavy (non-hydrogen) atoms. The molecule has 118 valence electrons. The summed E-state index contributed by atoms with van der Waals surface area (Å²) in [6.45, 7) is 3.28. The fraction of sp³-hybridized carbons (Fsp3) is 0.692. The van der Waals surface area contributed by atoms with Gasteiger partial charge in [-0.25, -0.2) is 9.59 Å². The zero-order chi connectivity index (χ0) is 15.9. The van der Waals surface area contributed by atoms with E-state index >= 15 is 0 Å². The summed E-state index contributed by atoms with van der Waals surface area (Å²) >= 11 is 0. The van der Waals surface area contributed by atoms with E-state index in [4.69, 9.17) is 0 Å². The summed E-state index contributed by atoms with van der Waals surface area (Å²) in [5, 5.41) is 11.5. The van der Waals surface area contributed by atoms with Crippen LogP contribution >= 0.6 is 0 Å². The van der Waals surface area contributed by atoms with Crippen LogP contribution in [0.5, 0.6) is 0 Å². The van der Waals surface area contributed by atoms with Crippen LogP contribution < -0.4 is 5.32 Å². The summed E-state index contributed by atoms with van der Waals surface area (Å²) in [6, 6.07) is 0. The summed E-state index contributed by atoms with van der Waals surface area (Å²) < 4.78 is 42.1. The number of carboxylic acids is 1. The smallest absolute Gasteiger partial charge is 0.408 e. The van der Waals surface area contributed by atoms with Crippen molar-refractivity contribution in [3.8, 4) is 0 Å². The molecule has 1 amide bonds. The SMILES string of the molecule is C=CCOC(=O)NC1(C(=O)O)CC2(CC(C(F)(F)F)C2)C1. The average molecular weight is 307 g/mol. The zero-order valence-corrected chi connectivity index (χ0v) is 11.2. The number of carboxylic acid groups (broad SMARTS) is 1. The van der Waals surface area contributed by atoms with Gasteiger partial charge in [0, 0.05) is 0 Å². The van der Waals surface area contributed by atoms with E-state index < -0.39 is 35.1 Å². The largest absolute Gasteiger partial charge is 0.480 e. The lowest BCUT2D eigenvalue weighted by atomic mass is 9.45. The number of amides is 1. The topological polar surface area (TPSA) is 75.6 Å². The predicted octanol–water partition coefficient (Wildman–Crippen LogP) is 2.47. The van der Waals surface area contributed by atoms with Crippen LogP contribution in [0.3, 0.4) is 0 Å². The third kappa shape index (κ3) is 2.84. The lowest BCUT2D eigenvalue weighted by molar-refractivity contribution is -0.244. The Morgan fingerprint density at radius 1 is 1.38 bits per heavy atom. The molecule has 2 aliphatic rings. The summed E-state index contributed by atoms with van der Waals surface area (Å²) in [4.78, 5) is 22.7. The molecule has 1 spiro atoms. The summed E-state index contributed by atoms with van der Waals surface area (Å²) in [6.07, 6.45) is -3.95. The Bertz CT molecular complexity index is 461. The van der Waals surface area contributed by atoms with Crippen LogP contribution in [0, 0.1) is 11.3 Å². The Hall–Kier alpha value is -1.73. The lowest BCUT2D eigenvalue weighted by Gasteiger charge is -2.61. The fourth-order valence-electron chi connectivity index (χ4n) is 3.39. The quantitative estimate of drug-likeness (QED) is 0.782. The highest BCUT2D eigenvalue weighted by atomic mass is 19.4. The highest BCUT2D eigenvalue weighted by Gasteiger charge is 2.68. The van der Waals surface area contributed by atoms with Crippen molar-refractivity contribution >= 4 is 12.1 Å². The number of rotatable bonds is 4. The zero-order valence-electron chi connectivity index (χ0n) is 11.2. The van der Waals surface area contributed by atoms with Gasteiger partial charge in [-0.05, 0) is 31.1 Å². The van der Waals surface area contributed by atoms with Crippen molar-refractivity contribution in [1.82, 2.24) is 5.32 Å². The normalized spacial score (nSPS) is 34.5. The minimum atomic E-state index is -4.23. The first-order chi connectivity index (χ1) is 9.62. The second-order valence-electron chi connectivity index (χ2n) is 5.90. The molecule has 0 atom stereocenters. The first kappa shape index (κ1) is 15.7. The second-order valence-corrected chi connectivity index (χ2v) is 5.90. The first-order valence-corrected chi connectivity index (χ1v) is 6.48. The molecule has 0 aromatic carbocycles. The minimum absolute atomic E-state index is 0.00506. The maximum atomic E-state index is 12.5. The highest BCUT2D eigenvalue weighted by Crippen LogP contribution is 2.65. The molecule has 0 aromatic heterocycles. The number of alkyl halides is 3. The number of hydrogen-bond acceptors (Lipinski definition) is 3. The molecule has 0 unspecified atom stereocenters. The number of ether oxygens (including phenoxy) is 1. The Balaban J connectivity index is 1.92. The number of alkyl carbamates (subject to hydrolysis) is 1. The lowest BCUT2D eigenvalue weighted by Crippen LogP contribution is -2.70. The molecule has 0 aromatic rings. The Morgan fingerprint density at radius 3 is 2.38 bits per heavy atom. The van der Waals surface area contributed by atoms with Crippen molar-refractivity contribution in [3.05, 3.63) is 12.7 Å². The molecule has 0 bridgehead atoms. The molecule has 2 fully saturated rings. The predicted molar refractivity (Wildman–Crippen MR) is 65.5 cm³/mol. The molecule has 0 heterocycles. The maximum absolute atomic E-state index is 12.5. The second kappa shape index (κ2) is 4.92. The molecule has 0 aliphatic heterocycles. The van der Waals surface area contributed by atoms with Crippen molar-refractivity contribution in [1.29, 1.82) is 0 Å². The van der Waals surface area contributed by atoms with E-state index in [9.17, 15) is 27.9 Å². The van der Waals surface area contributed by atoms with Gasteiger partial charge in [0.05, 0.1) is 5.92 Å².